The lowest BCUT2D eigenvalue weighted by molar-refractivity contribution is -0.276. The van der Waals surface area contributed by atoms with Crippen molar-refractivity contribution in [3.8, 4) is 0 Å². The van der Waals surface area contributed by atoms with Gasteiger partial charge in [-0.15, -0.1) is 0 Å². The molecular weight excluding hydrogens is 539 g/mol. The van der Waals surface area contributed by atoms with Crippen LogP contribution in [0.4, 0.5) is 26.3 Å². The molecule has 4 nitrogen and oxygen atoms in total. The maximum atomic E-state index is 14.2. The van der Waals surface area contributed by atoms with Crippen molar-refractivity contribution in [3.05, 3.63) is 68.7 Å². The molecule has 190 valence electrons. The average Bonchev–Trinajstić information content (AvgIpc) is 3.18. The van der Waals surface area contributed by atoms with E-state index in [-0.39, 0.29) is 28.9 Å². The molecule has 1 unspecified atom stereocenters. The van der Waals surface area contributed by atoms with Crippen molar-refractivity contribution >= 4 is 46.2 Å². The molecule has 0 fully saturated rings. The summed E-state index contributed by atoms with van der Waals surface area (Å²) in [5.74, 6) is 0. The molecule has 2 aromatic carbocycles. The molecule has 0 radical (unpaired) electrons. The second kappa shape index (κ2) is 10.0. The molecule has 13 heteroatoms. The summed E-state index contributed by atoms with van der Waals surface area (Å²) in [4.78, 5) is 4.82. The van der Waals surface area contributed by atoms with Crippen molar-refractivity contribution in [1.29, 1.82) is 0 Å². The Bertz CT molecular complexity index is 1150. The van der Waals surface area contributed by atoms with Crippen LogP contribution in [0.25, 0.3) is 0 Å². The lowest BCUT2D eigenvalue weighted by atomic mass is 9.85. The minimum Gasteiger partial charge on any atom is -0.374 e. The molecule has 0 saturated heterocycles. The minimum absolute atomic E-state index is 0.119. The molecule has 0 spiro atoms. The van der Waals surface area contributed by atoms with Crippen LogP contribution >= 0.6 is 35.4 Å². The number of oxime groups is 1. The van der Waals surface area contributed by atoms with Gasteiger partial charge in [-0.3, -0.25) is 0 Å². The number of benzene rings is 2. The van der Waals surface area contributed by atoms with Crippen molar-refractivity contribution in [2.75, 3.05) is 0 Å². The number of alkyl halides is 6. The van der Waals surface area contributed by atoms with Crippen LogP contribution in [0.3, 0.4) is 0 Å². The molecule has 0 aromatic heterocycles. The molecule has 2 aromatic rings. The smallest absolute Gasteiger partial charge is 0.374 e. The fraction of sp³-hybridized carbons (Fsp3) is 0.364. The van der Waals surface area contributed by atoms with Crippen molar-refractivity contribution in [2.45, 2.75) is 50.8 Å². The van der Waals surface area contributed by atoms with Gasteiger partial charge in [0.05, 0.1) is 11.3 Å². The van der Waals surface area contributed by atoms with E-state index in [1.165, 1.54) is 12.1 Å². The zero-order chi connectivity index (χ0) is 26.2. The second-order valence-electron chi connectivity index (χ2n) is 8.15. The van der Waals surface area contributed by atoms with E-state index < -0.39 is 40.5 Å². The van der Waals surface area contributed by atoms with Gasteiger partial charge in [-0.25, -0.2) is 0 Å². The minimum atomic E-state index is -5.10. The SMILES string of the molecule is CC(C)NC(=S)NCc1ccc(C2=NOC(c3cc(Cl)cc(C(F)(F)F)c3)(C(F)(F)F)C2)cc1Cl. The second-order valence-corrected chi connectivity index (χ2v) is 9.40. The highest BCUT2D eigenvalue weighted by Gasteiger charge is 2.62. The first-order valence-electron chi connectivity index (χ1n) is 10.2. The van der Waals surface area contributed by atoms with Gasteiger partial charge < -0.3 is 15.5 Å². The van der Waals surface area contributed by atoms with E-state index in [2.05, 4.69) is 15.8 Å². The Morgan fingerprint density at radius 2 is 1.80 bits per heavy atom. The number of nitrogens with zero attached hydrogens (tertiary/aromatic N) is 1. The third-order valence-electron chi connectivity index (χ3n) is 5.12. The first-order chi connectivity index (χ1) is 16.1. The Morgan fingerprint density at radius 3 is 2.37 bits per heavy atom. The Morgan fingerprint density at radius 1 is 1.11 bits per heavy atom. The number of thiocarbonyl (C=S) groups is 1. The molecule has 35 heavy (non-hydrogen) atoms. The number of hydrogen-bond acceptors (Lipinski definition) is 3. The number of hydrogen-bond donors (Lipinski definition) is 2. The lowest BCUT2D eigenvalue weighted by Gasteiger charge is -2.30. The van der Waals surface area contributed by atoms with Crippen molar-refractivity contribution < 1.29 is 31.2 Å². The Hall–Kier alpha value is -2.24. The summed E-state index contributed by atoms with van der Waals surface area (Å²) in [7, 11) is 0. The van der Waals surface area contributed by atoms with Crippen LogP contribution in [0.5, 0.6) is 0 Å². The third kappa shape index (κ3) is 6.13. The number of rotatable bonds is 5. The predicted molar refractivity (Wildman–Crippen MR) is 126 cm³/mol. The largest absolute Gasteiger partial charge is 0.435 e. The maximum absolute atomic E-state index is 14.2. The van der Waals surface area contributed by atoms with Gasteiger partial charge >= 0.3 is 12.4 Å². The van der Waals surface area contributed by atoms with Gasteiger partial charge in [-0.2, -0.15) is 26.3 Å². The third-order valence-corrected chi connectivity index (χ3v) is 5.96. The van der Waals surface area contributed by atoms with Crippen LogP contribution in [-0.2, 0) is 23.2 Å². The van der Waals surface area contributed by atoms with Gasteiger partial charge in [0, 0.05) is 40.2 Å². The molecule has 3 rings (SSSR count). The van der Waals surface area contributed by atoms with Gasteiger partial charge in [-0.05, 0) is 55.9 Å². The van der Waals surface area contributed by atoms with Gasteiger partial charge in [-0.1, -0.05) is 40.5 Å². The topological polar surface area (TPSA) is 45.7 Å². The number of nitrogens with one attached hydrogen (secondary N) is 2. The normalized spacial score (nSPS) is 18.3. The van der Waals surface area contributed by atoms with E-state index in [4.69, 9.17) is 40.3 Å². The fourth-order valence-corrected chi connectivity index (χ4v) is 4.19. The zero-order valence-corrected chi connectivity index (χ0v) is 20.6. The van der Waals surface area contributed by atoms with E-state index in [0.717, 1.165) is 6.07 Å². The standard InChI is InChI=1S/C22H19Cl2F6N3OS/c1-11(2)32-19(35)31-10-13-4-3-12(5-17(13)24)18-9-20(34-33-18,22(28,29)30)14-6-15(21(25,26)27)8-16(23)7-14/h3-8,11H,9-10H2,1-2H3,(H2,31,32,35). The van der Waals surface area contributed by atoms with Crippen molar-refractivity contribution in [1.82, 2.24) is 10.6 Å². The van der Waals surface area contributed by atoms with Crippen molar-refractivity contribution in [2.24, 2.45) is 5.16 Å². The molecule has 0 saturated carbocycles. The summed E-state index contributed by atoms with van der Waals surface area (Å²) in [6.07, 6.45) is -10.9. The molecule has 1 heterocycles. The molecule has 1 atom stereocenters. The highest BCUT2D eigenvalue weighted by Crippen LogP contribution is 2.50. The van der Waals surface area contributed by atoms with Crippen LogP contribution < -0.4 is 10.6 Å². The molecule has 1 aliphatic rings. The number of halogens is 8. The first-order valence-corrected chi connectivity index (χ1v) is 11.3. The summed E-state index contributed by atoms with van der Waals surface area (Å²) >= 11 is 17.2. The first kappa shape index (κ1) is 27.3. The summed E-state index contributed by atoms with van der Waals surface area (Å²) in [6.45, 7) is 4.08. The van der Waals surface area contributed by atoms with E-state index >= 15 is 0 Å². The van der Waals surface area contributed by atoms with Crippen molar-refractivity contribution in [3.63, 3.8) is 0 Å². The zero-order valence-electron chi connectivity index (χ0n) is 18.2. The summed E-state index contributed by atoms with van der Waals surface area (Å²) < 4.78 is 82.2. The molecular formula is C22H19Cl2F6N3OS. The Balaban J connectivity index is 1.88. The van der Waals surface area contributed by atoms with E-state index in [9.17, 15) is 26.3 Å². The van der Waals surface area contributed by atoms with Crippen LogP contribution in [0.1, 0.15) is 42.5 Å². The van der Waals surface area contributed by atoms with Gasteiger partial charge in [0.15, 0.2) is 5.11 Å². The highest BCUT2D eigenvalue weighted by molar-refractivity contribution is 7.80. The van der Waals surface area contributed by atoms with Crippen LogP contribution in [0.15, 0.2) is 41.6 Å². The van der Waals surface area contributed by atoms with Crippen LogP contribution in [-0.4, -0.2) is 23.0 Å². The van der Waals surface area contributed by atoms with E-state index in [1.54, 1.807) is 6.07 Å². The summed E-state index contributed by atoms with van der Waals surface area (Å²) in [5, 5.41) is 9.66. The fourth-order valence-electron chi connectivity index (χ4n) is 3.40. The molecule has 2 N–H and O–H groups in total. The van der Waals surface area contributed by atoms with Crippen LogP contribution in [0.2, 0.25) is 10.0 Å². The summed E-state index contributed by atoms with van der Waals surface area (Å²) in [6, 6.07) is 6.31. The Kier molecular flexibility index (Phi) is 7.83. The van der Waals surface area contributed by atoms with E-state index in [0.29, 0.717) is 22.8 Å². The highest BCUT2D eigenvalue weighted by atomic mass is 35.5. The molecule has 0 bridgehead atoms. The van der Waals surface area contributed by atoms with Gasteiger partial charge in [0.25, 0.3) is 5.60 Å². The quantitative estimate of drug-likeness (QED) is 0.308. The van der Waals surface area contributed by atoms with Gasteiger partial charge in [0.2, 0.25) is 0 Å². The summed E-state index contributed by atoms with van der Waals surface area (Å²) in [5.41, 5.74) is -4.56. The monoisotopic (exact) mass is 557 g/mol. The van der Waals surface area contributed by atoms with Gasteiger partial charge in [0.1, 0.15) is 0 Å². The maximum Gasteiger partial charge on any atom is 0.435 e. The lowest BCUT2D eigenvalue weighted by Crippen LogP contribution is -2.43. The molecule has 1 aliphatic heterocycles. The van der Waals surface area contributed by atoms with E-state index in [1.807, 2.05) is 13.8 Å². The predicted octanol–water partition coefficient (Wildman–Crippen LogP) is 6.97. The average molecular weight is 558 g/mol. The molecule has 0 amide bonds. The molecule has 0 aliphatic carbocycles. The van der Waals surface area contributed by atoms with Crippen LogP contribution in [0, 0.1) is 0 Å². The Labute approximate surface area is 212 Å².